The molecular weight excluding hydrogens is 340 g/mol. The molecule has 0 unspecified atom stereocenters. The minimum Gasteiger partial charge on any atom is -0.486 e. The Kier molecular flexibility index (Phi) is 6.29. The van der Waals surface area contributed by atoms with Crippen LogP contribution in [0, 0.1) is 0 Å². The molecule has 6 heteroatoms. The van der Waals surface area contributed by atoms with E-state index in [4.69, 9.17) is 21.1 Å². The molecule has 0 atom stereocenters. The number of carbonyl (C=O) groups excluding carboxylic acids is 1. The summed E-state index contributed by atoms with van der Waals surface area (Å²) in [5, 5.41) is 3.62. The van der Waals surface area contributed by atoms with Crippen LogP contribution in [-0.2, 0) is 6.42 Å². The number of hydrogen-bond donors (Lipinski definition) is 1. The first kappa shape index (κ1) is 18.2. The second-order valence-corrected chi connectivity index (χ2v) is 7.07. The van der Waals surface area contributed by atoms with Crippen molar-refractivity contribution in [1.29, 1.82) is 0 Å². The van der Waals surface area contributed by atoms with Crippen LogP contribution in [0.1, 0.15) is 44.6 Å². The van der Waals surface area contributed by atoms with E-state index in [9.17, 15) is 4.79 Å². The number of fused-ring (bicyclic) bond motifs is 1. The second-order valence-electron chi connectivity index (χ2n) is 6.66. The Balaban J connectivity index is 1.53. The SMILES string of the molecule is CCN(C(=O)NCCc1cc(Cl)c2c(c1)OCCO2)C1CCCCC1. The minimum absolute atomic E-state index is 0.0399. The molecule has 0 saturated heterocycles. The summed E-state index contributed by atoms with van der Waals surface area (Å²) >= 11 is 6.26. The van der Waals surface area contributed by atoms with Crippen molar-refractivity contribution < 1.29 is 14.3 Å². The third-order valence-corrected chi connectivity index (χ3v) is 5.24. The third-order valence-electron chi connectivity index (χ3n) is 4.96. The highest BCUT2D eigenvalue weighted by Crippen LogP contribution is 2.38. The van der Waals surface area contributed by atoms with E-state index in [0.29, 0.717) is 48.7 Å². The summed E-state index contributed by atoms with van der Waals surface area (Å²) in [6.45, 7) is 4.45. The van der Waals surface area contributed by atoms with Gasteiger partial charge in [-0.05, 0) is 43.9 Å². The zero-order valence-electron chi connectivity index (χ0n) is 14.9. The van der Waals surface area contributed by atoms with E-state index in [1.807, 2.05) is 17.0 Å². The Morgan fingerprint density at radius 2 is 2.00 bits per heavy atom. The molecule has 1 fully saturated rings. The Morgan fingerprint density at radius 3 is 2.76 bits per heavy atom. The highest BCUT2D eigenvalue weighted by atomic mass is 35.5. The summed E-state index contributed by atoms with van der Waals surface area (Å²) in [6, 6.07) is 4.27. The van der Waals surface area contributed by atoms with Gasteiger partial charge in [0.2, 0.25) is 0 Å². The normalized spacial score (nSPS) is 17.2. The lowest BCUT2D eigenvalue weighted by atomic mass is 9.94. The minimum atomic E-state index is 0.0399. The number of urea groups is 1. The van der Waals surface area contributed by atoms with Gasteiger partial charge in [0, 0.05) is 19.1 Å². The Morgan fingerprint density at radius 1 is 1.24 bits per heavy atom. The van der Waals surface area contributed by atoms with Crippen molar-refractivity contribution in [3.05, 3.63) is 22.7 Å². The van der Waals surface area contributed by atoms with Crippen LogP contribution in [0.4, 0.5) is 4.79 Å². The van der Waals surface area contributed by atoms with E-state index >= 15 is 0 Å². The first-order valence-corrected chi connectivity index (χ1v) is 9.69. The van der Waals surface area contributed by atoms with Gasteiger partial charge in [0.1, 0.15) is 13.2 Å². The quantitative estimate of drug-likeness (QED) is 0.856. The molecule has 2 amide bonds. The van der Waals surface area contributed by atoms with Crippen molar-refractivity contribution >= 4 is 17.6 Å². The molecule has 1 aromatic carbocycles. The van der Waals surface area contributed by atoms with Gasteiger partial charge in [0.05, 0.1) is 5.02 Å². The van der Waals surface area contributed by atoms with E-state index in [0.717, 1.165) is 24.9 Å². The first-order chi connectivity index (χ1) is 12.2. The van der Waals surface area contributed by atoms with E-state index in [1.165, 1.54) is 19.3 Å². The summed E-state index contributed by atoms with van der Waals surface area (Å²) in [6.07, 6.45) is 6.71. The third kappa shape index (κ3) is 4.51. The molecule has 5 nitrogen and oxygen atoms in total. The van der Waals surface area contributed by atoms with Gasteiger partial charge < -0.3 is 19.7 Å². The lowest BCUT2D eigenvalue weighted by Crippen LogP contribution is -2.47. The average molecular weight is 367 g/mol. The molecule has 0 bridgehead atoms. The molecule has 1 aromatic rings. The van der Waals surface area contributed by atoms with Crippen molar-refractivity contribution in [3.8, 4) is 11.5 Å². The maximum absolute atomic E-state index is 12.5. The molecule has 0 radical (unpaired) electrons. The summed E-state index contributed by atoms with van der Waals surface area (Å²) < 4.78 is 11.1. The standard InChI is InChI=1S/C19H27ClN2O3/c1-2-22(15-6-4-3-5-7-15)19(23)21-9-8-14-12-16(20)18-17(13-14)24-10-11-25-18/h12-13,15H,2-11H2,1H3,(H,21,23). The molecule has 0 aromatic heterocycles. The van der Waals surface area contributed by atoms with Crippen molar-refractivity contribution in [2.24, 2.45) is 0 Å². The van der Waals surface area contributed by atoms with E-state index < -0.39 is 0 Å². The second kappa shape index (κ2) is 8.65. The predicted molar refractivity (Wildman–Crippen MR) is 98.8 cm³/mol. The Hall–Kier alpha value is -1.62. The number of amides is 2. The van der Waals surface area contributed by atoms with Crippen LogP contribution in [0.3, 0.4) is 0 Å². The fourth-order valence-corrected chi connectivity index (χ4v) is 3.97. The summed E-state index contributed by atoms with van der Waals surface area (Å²) in [4.78, 5) is 14.5. The average Bonchev–Trinajstić information content (AvgIpc) is 2.63. The monoisotopic (exact) mass is 366 g/mol. The van der Waals surface area contributed by atoms with Gasteiger partial charge in [-0.1, -0.05) is 30.9 Å². The van der Waals surface area contributed by atoms with E-state index in [2.05, 4.69) is 12.2 Å². The van der Waals surface area contributed by atoms with Crippen LogP contribution in [0.5, 0.6) is 11.5 Å². The van der Waals surface area contributed by atoms with Crippen molar-refractivity contribution in [2.45, 2.75) is 51.5 Å². The molecule has 1 heterocycles. The molecule has 1 aliphatic carbocycles. The maximum atomic E-state index is 12.5. The molecule has 1 aliphatic heterocycles. The molecular formula is C19H27ClN2O3. The Labute approximate surface area is 154 Å². The van der Waals surface area contributed by atoms with Crippen LogP contribution < -0.4 is 14.8 Å². The van der Waals surface area contributed by atoms with Crippen molar-refractivity contribution in [3.63, 3.8) is 0 Å². The number of halogens is 1. The highest BCUT2D eigenvalue weighted by molar-refractivity contribution is 6.32. The lowest BCUT2D eigenvalue weighted by molar-refractivity contribution is 0.160. The summed E-state index contributed by atoms with van der Waals surface area (Å²) in [7, 11) is 0. The molecule has 3 rings (SSSR count). The summed E-state index contributed by atoms with van der Waals surface area (Å²) in [5.41, 5.74) is 1.04. The number of rotatable bonds is 5. The fraction of sp³-hybridized carbons (Fsp3) is 0.632. The van der Waals surface area contributed by atoms with Gasteiger partial charge in [0.25, 0.3) is 0 Å². The van der Waals surface area contributed by atoms with Gasteiger partial charge in [0.15, 0.2) is 11.5 Å². The number of carbonyl (C=O) groups is 1. The van der Waals surface area contributed by atoms with Crippen LogP contribution in [0.15, 0.2) is 12.1 Å². The maximum Gasteiger partial charge on any atom is 0.317 e. The van der Waals surface area contributed by atoms with Gasteiger partial charge in [-0.2, -0.15) is 0 Å². The van der Waals surface area contributed by atoms with Gasteiger partial charge in [-0.3, -0.25) is 0 Å². The van der Waals surface area contributed by atoms with Gasteiger partial charge in [-0.25, -0.2) is 4.79 Å². The zero-order valence-corrected chi connectivity index (χ0v) is 15.6. The number of hydrogen-bond acceptors (Lipinski definition) is 3. The van der Waals surface area contributed by atoms with Crippen molar-refractivity contribution in [1.82, 2.24) is 10.2 Å². The highest BCUT2D eigenvalue weighted by Gasteiger charge is 2.23. The molecule has 138 valence electrons. The van der Waals surface area contributed by atoms with E-state index in [1.54, 1.807) is 0 Å². The molecule has 1 N–H and O–H groups in total. The summed E-state index contributed by atoms with van der Waals surface area (Å²) in [5.74, 6) is 1.31. The van der Waals surface area contributed by atoms with Gasteiger partial charge >= 0.3 is 6.03 Å². The number of benzene rings is 1. The number of nitrogens with one attached hydrogen (secondary N) is 1. The van der Waals surface area contributed by atoms with E-state index in [-0.39, 0.29) is 6.03 Å². The van der Waals surface area contributed by atoms with Crippen LogP contribution >= 0.6 is 11.6 Å². The number of nitrogens with zero attached hydrogens (tertiary/aromatic N) is 1. The van der Waals surface area contributed by atoms with Crippen molar-refractivity contribution in [2.75, 3.05) is 26.3 Å². The molecule has 2 aliphatic rings. The first-order valence-electron chi connectivity index (χ1n) is 9.31. The zero-order chi connectivity index (χ0) is 17.6. The topological polar surface area (TPSA) is 50.8 Å². The molecule has 1 saturated carbocycles. The largest absolute Gasteiger partial charge is 0.486 e. The molecule has 0 spiro atoms. The fourth-order valence-electron chi connectivity index (χ4n) is 3.68. The van der Waals surface area contributed by atoms with Crippen LogP contribution in [0.2, 0.25) is 5.02 Å². The van der Waals surface area contributed by atoms with Gasteiger partial charge in [-0.15, -0.1) is 0 Å². The van der Waals surface area contributed by atoms with Crippen LogP contribution in [0.25, 0.3) is 0 Å². The number of ether oxygens (including phenoxy) is 2. The smallest absolute Gasteiger partial charge is 0.317 e. The lowest BCUT2D eigenvalue weighted by Gasteiger charge is -2.33. The Bertz CT molecular complexity index is 603. The predicted octanol–water partition coefficient (Wildman–Crippen LogP) is 4.02. The van der Waals surface area contributed by atoms with Crippen LogP contribution in [-0.4, -0.2) is 43.3 Å². The molecule has 25 heavy (non-hydrogen) atoms.